The van der Waals surface area contributed by atoms with Crippen LogP contribution in [0.4, 0.5) is 13.2 Å². The van der Waals surface area contributed by atoms with Gasteiger partial charge >= 0.3 is 15.6 Å². The number of nitrogens with zero attached hydrogens (tertiary/aromatic N) is 2. The van der Waals surface area contributed by atoms with Gasteiger partial charge in [0.1, 0.15) is 5.75 Å². The molecular weight excluding hydrogens is 309 g/mol. The van der Waals surface area contributed by atoms with E-state index < -0.39 is 15.6 Å². The number of hydrogen-bond donors (Lipinski definition) is 0. The molecule has 9 heteroatoms. The van der Waals surface area contributed by atoms with Crippen LogP contribution in [0.1, 0.15) is 16.7 Å². The number of alkyl halides is 3. The van der Waals surface area contributed by atoms with Crippen molar-refractivity contribution in [2.45, 2.75) is 18.5 Å². The average Bonchev–Trinajstić information content (AvgIpc) is 2.37. The summed E-state index contributed by atoms with van der Waals surface area (Å²) in [6.07, 6.45) is 0.442. The van der Waals surface area contributed by atoms with E-state index in [1.165, 1.54) is 6.07 Å². The number of halogens is 3. The summed E-state index contributed by atoms with van der Waals surface area (Å²) in [5.41, 5.74) is -4.34. The third-order valence-corrected chi connectivity index (χ3v) is 4.13. The first-order valence-corrected chi connectivity index (χ1v) is 7.30. The summed E-state index contributed by atoms with van der Waals surface area (Å²) in [7, 11) is -3.98. The average molecular weight is 320 g/mol. The van der Waals surface area contributed by atoms with Crippen LogP contribution < -0.4 is 4.18 Å². The molecule has 2 rings (SSSR count). The Hall–Kier alpha value is -1.79. The Morgan fingerprint density at radius 3 is 2.57 bits per heavy atom. The van der Waals surface area contributed by atoms with Crippen molar-refractivity contribution in [3.8, 4) is 11.8 Å². The van der Waals surface area contributed by atoms with Crippen molar-refractivity contribution in [3.05, 3.63) is 28.8 Å². The van der Waals surface area contributed by atoms with Gasteiger partial charge in [-0.25, -0.2) is 0 Å². The quantitative estimate of drug-likeness (QED) is 0.613. The first-order valence-electron chi connectivity index (χ1n) is 5.90. The van der Waals surface area contributed by atoms with Crippen molar-refractivity contribution in [1.82, 2.24) is 4.90 Å². The van der Waals surface area contributed by atoms with Crippen LogP contribution >= 0.6 is 0 Å². The molecule has 0 saturated heterocycles. The summed E-state index contributed by atoms with van der Waals surface area (Å²) in [6.45, 7) is 0.838. The van der Waals surface area contributed by atoms with Crippen LogP contribution in [0.3, 0.4) is 0 Å². The van der Waals surface area contributed by atoms with Gasteiger partial charge in [-0.05, 0) is 31.2 Å². The highest BCUT2D eigenvalue weighted by atomic mass is 32.2. The van der Waals surface area contributed by atoms with Crippen molar-refractivity contribution in [2.24, 2.45) is 0 Å². The maximum absolute atomic E-state index is 12.4. The van der Waals surface area contributed by atoms with Gasteiger partial charge in [0.2, 0.25) is 0 Å². The molecule has 0 bridgehead atoms. The predicted molar refractivity (Wildman–Crippen MR) is 66.8 cm³/mol. The minimum Gasteiger partial charge on any atom is -0.376 e. The minimum absolute atomic E-state index is 0.216. The van der Waals surface area contributed by atoms with E-state index >= 15 is 0 Å². The van der Waals surface area contributed by atoms with E-state index in [4.69, 9.17) is 5.26 Å². The van der Waals surface area contributed by atoms with Crippen molar-refractivity contribution in [1.29, 1.82) is 5.26 Å². The second-order valence-corrected chi connectivity index (χ2v) is 6.19. The molecule has 0 fully saturated rings. The van der Waals surface area contributed by atoms with Crippen LogP contribution in [0.5, 0.6) is 5.75 Å². The molecule has 1 aromatic carbocycles. The molecule has 1 aromatic rings. The fraction of sp³-hybridized carbons (Fsp3) is 0.417. The zero-order chi connectivity index (χ0) is 15.8. The number of hydrogen-bond acceptors (Lipinski definition) is 5. The SMILES string of the molecule is CN1CCc2c(C#N)ccc(OS(=O)(=O)C(F)(F)F)c2C1. The van der Waals surface area contributed by atoms with E-state index in [0.29, 0.717) is 29.7 Å². The number of likely N-dealkylation sites (N-methyl/N-ethyl adjacent to an activating group) is 1. The molecule has 1 aliphatic heterocycles. The zero-order valence-electron chi connectivity index (χ0n) is 10.9. The molecule has 1 heterocycles. The van der Waals surface area contributed by atoms with E-state index in [-0.39, 0.29) is 12.3 Å². The lowest BCUT2D eigenvalue weighted by Gasteiger charge is -2.27. The maximum atomic E-state index is 12.4. The van der Waals surface area contributed by atoms with Gasteiger partial charge in [-0.15, -0.1) is 0 Å². The summed E-state index contributed by atoms with van der Waals surface area (Å²) in [6, 6.07) is 4.30. The Labute approximate surface area is 119 Å². The molecule has 5 nitrogen and oxygen atoms in total. The second kappa shape index (κ2) is 5.20. The van der Waals surface area contributed by atoms with E-state index in [9.17, 15) is 21.6 Å². The molecule has 114 valence electrons. The molecular formula is C12H11F3N2O3S. The van der Waals surface area contributed by atoms with E-state index in [1.54, 1.807) is 11.9 Å². The second-order valence-electron chi connectivity index (χ2n) is 4.65. The summed E-state index contributed by atoms with van der Waals surface area (Å²) in [5.74, 6) is -0.382. The maximum Gasteiger partial charge on any atom is 0.534 e. The Balaban J connectivity index is 2.50. The highest BCUT2D eigenvalue weighted by molar-refractivity contribution is 7.88. The summed E-state index contributed by atoms with van der Waals surface area (Å²) < 4.78 is 63.7. The minimum atomic E-state index is -5.72. The van der Waals surface area contributed by atoms with Crippen LogP contribution in [0.25, 0.3) is 0 Å². The van der Waals surface area contributed by atoms with E-state index in [0.717, 1.165) is 6.07 Å². The molecule has 0 spiro atoms. The highest BCUT2D eigenvalue weighted by Gasteiger charge is 2.49. The van der Waals surface area contributed by atoms with Gasteiger partial charge in [0.15, 0.2) is 0 Å². The van der Waals surface area contributed by atoms with Gasteiger partial charge in [0.25, 0.3) is 0 Å². The van der Waals surface area contributed by atoms with Crippen LogP contribution in [-0.4, -0.2) is 32.4 Å². The van der Waals surface area contributed by atoms with E-state index in [2.05, 4.69) is 4.18 Å². The van der Waals surface area contributed by atoms with E-state index in [1.807, 2.05) is 6.07 Å². The van der Waals surface area contributed by atoms with Crippen molar-refractivity contribution < 1.29 is 25.8 Å². The van der Waals surface area contributed by atoms with Gasteiger partial charge in [0, 0.05) is 18.7 Å². The monoisotopic (exact) mass is 320 g/mol. The lowest BCUT2D eigenvalue weighted by Crippen LogP contribution is -2.31. The standard InChI is InChI=1S/C12H11F3N2O3S/c1-17-5-4-9-8(6-16)2-3-11(10(9)7-17)20-21(18,19)12(13,14)15/h2-3H,4-5,7H2,1H3. The molecule has 0 aliphatic carbocycles. The van der Waals surface area contributed by atoms with Gasteiger partial charge in [-0.1, -0.05) is 0 Å². The molecule has 0 saturated carbocycles. The van der Waals surface area contributed by atoms with Gasteiger partial charge in [0.05, 0.1) is 11.6 Å². The summed E-state index contributed by atoms with van der Waals surface area (Å²) in [4.78, 5) is 1.80. The lowest BCUT2D eigenvalue weighted by atomic mass is 9.94. The topological polar surface area (TPSA) is 70.4 Å². The van der Waals surface area contributed by atoms with Crippen LogP contribution in [0, 0.1) is 11.3 Å². The molecule has 0 aromatic heterocycles. The fourth-order valence-corrected chi connectivity index (χ4v) is 2.62. The Morgan fingerprint density at radius 2 is 2.00 bits per heavy atom. The summed E-state index contributed by atoms with van der Waals surface area (Å²) >= 11 is 0. The Morgan fingerprint density at radius 1 is 1.33 bits per heavy atom. The first-order chi connectivity index (χ1) is 9.65. The third-order valence-electron chi connectivity index (χ3n) is 3.16. The van der Waals surface area contributed by atoms with Crippen LogP contribution in [-0.2, 0) is 23.1 Å². The van der Waals surface area contributed by atoms with Crippen molar-refractivity contribution in [2.75, 3.05) is 13.6 Å². The number of rotatable bonds is 2. The normalized spacial score (nSPS) is 16.1. The summed E-state index contributed by atoms with van der Waals surface area (Å²) in [5, 5.41) is 9.01. The number of nitriles is 1. The van der Waals surface area contributed by atoms with Crippen LogP contribution in [0.2, 0.25) is 0 Å². The fourth-order valence-electron chi connectivity index (χ4n) is 2.13. The van der Waals surface area contributed by atoms with Gasteiger partial charge < -0.3 is 9.08 Å². The third kappa shape index (κ3) is 2.96. The smallest absolute Gasteiger partial charge is 0.376 e. The van der Waals surface area contributed by atoms with Crippen LogP contribution in [0.15, 0.2) is 12.1 Å². The highest BCUT2D eigenvalue weighted by Crippen LogP contribution is 2.34. The zero-order valence-corrected chi connectivity index (χ0v) is 11.8. The Bertz CT molecular complexity index is 708. The molecule has 0 unspecified atom stereocenters. The molecule has 21 heavy (non-hydrogen) atoms. The van der Waals surface area contributed by atoms with Crippen molar-refractivity contribution >= 4 is 10.1 Å². The molecule has 0 radical (unpaired) electrons. The lowest BCUT2D eigenvalue weighted by molar-refractivity contribution is -0.0500. The largest absolute Gasteiger partial charge is 0.534 e. The molecule has 0 atom stereocenters. The molecule has 0 N–H and O–H groups in total. The Kier molecular flexibility index (Phi) is 3.86. The molecule has 0 amide bonds. The van der Waals surface area contributed by atoms with Crippen molar-refractivity contribution in [3.63, 3.8) is 0 Å². The van der Waals surface area contributed by atoms with Gasteiger partial charge in [-0.3, -0.25) is 0 Å². The number of fused-ring (bicyclic) bond motifs is 1. The predicted octanol–water partition coefficient (Wildman–Crippen LogP) is 1.77. The first kappa shape index (κ1) is 15.6. The molecule has 1 aliphatic rings. The number of benzene rings is 1. The van der Waals surface area contributed by atoms with Gasteiger partial charge in [-0.2, -0.15) is 26.9 Å².